The molecule has 0 aliphatic carbocycles. The molecule has 0 spiro atoms. The number of ether oxygens (including phenoxy) is 1. The summed E-state index contributed by atoms with van der Waals surface area (Å²) in [5, 5.41) is 13.7. The first-order chi connectivity index (χ1) is 10.0. The van der Waals surface area contributed by atoms with Gasteiger partial charge in [-0.05, 0) is 30.0 Å². The standard InChI is InChI=1S/C16H25ClN2O2/c1-11(2)8-14(19-6-4-18-5-7-19)12-9-13(17)16(20)15(10-12)21-3/h9-11,14,18,20H,4-8H2,1-3H3/t14-/m1/s1. The molecule has 1 fully saturated rings. The SMILES string of the molecule is COc1cc([C@@H](CC(C)C)N2CCNCC2)cc(Cl)c1O. The maximum Gasteiger partial charge on any atom is 0.176 e. The van der Waals surface area contributed by atoms with Gasteiger partial charge in [-0.1, -0.05) is 25.4 Å². The van der Waals surface area contributed by atoms with Gasteiger partial charge in [0.15, 0.2) is 11.5 Å². The molecule has 1 heterocycles. The zero-order valence-electron chi connectivity index (χ0n) is 13.0. The summed E-state index contributed by atoms with van der Waals surface area (Å²) in [6, 6.07) is 4.09. The van der Waals surface area contributed by atoms with Gasteiger partial charge >= 0.3 is 0 Å². The molecule has 0 radical (unpaired) electrons. The Hall–Kier alpha value is -0.970. The van der Waals surface area contributed by atoms with Crippen LogP contribution < -0.4 is 10.1 Å². The van der Waals surface area contributed by atoms with Gasteiger partial charge in [0.05, 0.1) is 12.1 Å². The lowest BCUT2D eigenvalue weighted by Crippen LogP contribution is -2.45. The van der Waals surface area contributed by atoms with Crippen LogP contribution in [0.4, 0.5) is 0 Å². The molecule has 2 N–H and O–H groups in total. The fourth-order valence-corrected chi connectivity index (χ4v) is 3.10. The van der Waals surface area contributed by atoms with E-state index in [1.165, 1.54) is 0 Å². The zero-order valence-corrected chi connectivity index (χ0v) is 13.8. The van der Waals surface area contributed by atoms with E-state index in [-0.39, 0.29) is 5.75 Å². The highest BCUT2D eigenvalue weighted by molar-refractivity contribution is 6.32. The van der Waals surface area contributed by atoms with Gasteiger partial charge in [-0.2, -0.15) is 0 Å². The molecule has 1 aliphatic rings. The average molecular weight is 313 g/mol. The summed E-state index contributed by atoms with van der Waals surface area (Å²) in [4.78, 5) is 2.48. The van der Waals surface area contributed by atoms with Crippen LogP contribution in [0.1, 0.15) is 31.9 Å². The maximum atomic E-state index is 9.92. The van der Waals surface area contributed by atoms with Crippen molar-refractivity contribution >= 4 is 11.6 Å². The second-order valence-corrected chi connectivity index (χ2v) is 6.39. The molecule has 1 aromatic carbocycles. The summed E-state index contributed by atoms with van der Waals surface area (Å²) in [5.41, 5.74) is 1.12. The number of nitrogens with one attached hydrogen (secondary N) is 1. The zero-order chi connectivity index (χ0) is 15.4. The average Bonchev–Trinajstić information content (AvgIpc) is 2.48. The van der Waals surface area contributed by atoms with Crippen molar-refractivity contribution in [3.05, 3.63) is 22.7 Å². The van der Waals surface area contributed by atoms with Crippen molar-refractivity contribution in [3.8, 4) is 11.5 Å². The molecule has 1 atom stereocenters. The van der Waals surface area contributed by atoms with Crippen LogP contribution in [-0.2, 0) is 0 Å². The molecular formula is C16H25ClN2O2. The summed E-state index contributed by atoms with van der Waals surface area (Å²) in [6.45, 7) is 8.54. The van der Waals surface area contributed by atoms with E-state index in [9.17, 15) is 5.11 Å². The lowest BCUT2D eigenvalue weighted by molar-refractivity contribution is 0.154. The molecule has 1 aromatic rings. The topological polar surface area (TPSA) is 44.7 Å². The molecule has 1 aliphatic heterocycles. The molecule has 0 amide bonds. The number of halogens is 1. The monoisotopic (exact) mass is 312 g/mol. The normalized spacial score (nSPS) is 18.0. The number of aromatic hydroxyl groups is 1. The molecule has 1 saturated heterocycles. The Kier molecular flexibility index (Phi) is 5.73. The maximum absolute atomic E-state index is 9.92. The summed E-state index contributed by atoms with van der Waals surface area (Å²) in [5.74, 6) is 1.05. The van der Waals surface area contributed by atoms with Gasteiger partial charge in [-0.25, -0.2) is 0 Å². The molecule has 118 valence electrons. The Morgan fingerprint density at radius 1 is 1.33 bits per heavy atom. The number of methoxy groups -OCH3 is 1. The number of piperazine rings is 1. The Morgan fingerprint density at radius 2 is 2.00 bits per heavy atom. The van der Waals surface area contributed by atoms with Gasteiger partial charge in [-0.15, -0.1) is 0 Å². The lowest BCUT2D eigenvalue weighted by atomic mass is 9.94. The number of hydrogen-bond donors (Lipinski definition) is 2. The predicted molar refractivity (Wildman–Crippen MR) is 86.3 cm³/mol. The number of benzene rings is 1. The quantitative estimate of drug-likeness (QED) is 0.877. The van der Waals surface area contributed by atoms with E-state index in [1.54, 1.807) is 7.11 Å². The minimum absolute atomic E-state index is 0.0199. The summed E-state index contributed by atoms with van der Waals surface area (Å²) < 4.78 is 5.24. The predicted octanol–water partition coefficient (Wildman–Crippen LogP) is 3.05. The van der Waals surface area contributed by atoms with Crippen LogP contribution in [0.15, 0.2) is 12.1 Å². The van der Waals surface area contributed by atoms with Crippen molar-refractivity contribution in [1.82, 2.24) is 10.2 Å². The van der Waals surface area contributed by atoms with Crippen LogP contribution in [0.25, 0.3) is 0 Å². The largest absolute Gasteiger partial charge is 0.503 e. The Bertz CT molecular complexity index is 474. The fourth-order valence-electron chi connectivity index (χ4n) is 2.88. The summed E-state index contributed by atoms with van der Waals surface area (Å²) in [7, 11) is 1.55. The van der Waals surface area contributed by atoms with Gasteiger partial charge in [0.25, 0.3) is 0 Å². The first-order valence-corrected chi connectivity index (χ1v) is 7.92. The van der Waals surface area contributed by atoms with Crippen molar-refractivity contribution in [1.29, 1.82) is 0 Å². The van der Waals surface area contributed by atoms with E-state index < -0.39 is 0 Å². The third kappa shape index (κ3) is 4.02. The van der Waals surface area contributed by atoms with Crippen molar-refractivity contribution in [3.63, 3.8) is 0 Å². The summed E-state index contributed by atoms with van der Waals surface area (Å²) in [6.07, 6.45) is 1.06. The lowest BCUT2D eigenvalue weighted by Gasteiger charge is -2.36. The van der Waals surface area contributed by atoms with Gasteiger partial charge in [0.2, 0.25) is 0 Å². The minimum Gasteiger partial charge on any atom is -0.503 e. The second kappa shape index (κ2) is 7.34. The van der Waals surface area contributed by atoms with Crippen molar-refractivity contribution < 1.29 is 9.84 Å². The Morgan fingerprint density at radius 3 is 2.57 bits per heavy atom. The molecule has 0 unspecified atom stereocenters. The number of nitrogens with zero attached hydrogens (tertiary/aromatic N) is 1. The van der Waals surface area contributed by atoms with Crippen molar-refractivity contribution in [2.24, 2.45) is 5.92 Å². The molecule has 0 saturated carbocycles. The van der Waals surface area contributed by atoms with Crippen molar-refractivity contribution in [2.75, 3.05) is 33.3 Å². The molecule has 5 heteroatoms. The molecule has 0 bridgehead atoms. The van der Waals surface area contributed by atoms with E-state index in [2.05, 4.69) is 24.1 Å². The van der Waals surface area contributed by atoms with Gasteiger partial charge < -0.3 is 15.2 Å². The number of hydrogen-bond acceptors (Lipinski definition) is 4. The van der Waals surface area contributed by atoms with Gasteiger partial charge in [0, 0.05) is 32.2 Å². The molecule has 4 nitrogen and oxygen atoms in total. The Labute approximate surface area is 132 Å². The van der Waals surface area contributed by atoms with Crippen LogP contribution in [0.5, 0.6) is 11.5 Å². The molecule has 21 heavy (non-hydrogen) atoms. The fraction of sp³-hybridized carbons (Fsp3) is 0.625. The Balaban J connectivity index is 2.33. The third-order valence-electron chi connectivity index (χ3n) is 3.94. The van der Waals surface area contributed by atoms with E-state index in [0.29, 0.717) is 22.7 Å². The molecule has 0 aromatic heterocycles. The number of phenols is 1. The molecular weight excluding hydrogens is 288 g/mol. The van der Waals surface area contributed by atoms with Crippen LogP contribution in [-0.4, -0.2) is 43.3 Å². The van der Waals surface area contributed by atoms with Crippen LogP contribution in [0.3, 0.4) is 0 Å². The number of phenolic OH excluding ortho intramolecular Hbond substituents is 1. The van der Waals surface area contributed by atoms with Crippen LogP contribution in [0, 0.1) is 5.92 Å². The highest BCUT2D eigenvalue weighted by Gasteiger charge is 2.25. The smallest absolute Gasteiger partial charge is 0.176 e. The third-order valence-corrected chi connectivity index (χ3v) is 4.23. The van der Waals surface area contributed by atoms with E-state index in [1.807, 2.05) is 12.1 Å². The second-order valence-electron chi connectivity index (χ2n) is 5.98. The van der Waals surface area contributed by atoms with Gasteiger partial charge in [0.1, 0.15) is 0 Å². The van der Waals surface area contributed by atoms with E-state index in [4.69, 9.17) is 16.3 Å². The van der Waals surface area contributed by atoms with Crippen LogP contribution >= 0.6 is 11.6 Å². The van der Waals surface area contributed by atoms with Crippen molar-refractivity contribution in [2.45, 2.75) is 26.3 Å². The van der Waals surface area contributed by atoms with E-state index in [0.717, 1.165) is 38.2 Å². The number of rotatable bonds is 5. The minimum atomic E-state index is 0.0199. The molecule has 2 rings (SSSR count). The highest BCUT2D eigenvalue weighted by Crippen LogP contribution is 2.39. The first-order valence-electron chi connectivity index (χ1n) is 7.54. The van der Waals surface area contributed by atoms with Gasteiger partial charge in [-0.3, -0.25) is 4.90 Å². The first kappa shape index (κ1) is 16.4. The summed E-state index contributed by atoms with van der Waals surface area (Å²) >= 11 is 6.16. The van der Waals surface area contributed by atoms with Crippen LogP contribution in [0.2, 0.25) is 5.02 Å². The van der Waals surface area contributed by atoms with E-state index >= 15 is 0 Å². The highest BCUT2D eigenvalue weighted by atomic mass is 35.5.